The van der Waals surface area contributed by atoms with Crippen LogP contribution < -0.4 is 0 Å². The van der Waals surface area contributed by atoms with E-state index in [2.05, 4.69) is 0 Å². The van der Waals surface area contributed by atoms with Crippen molar-refractivity contribution in [3.63, 3.8) is 0 Å². The van der Waals surface area contributed by atoms with Gasteiger partial charge in [-0.2, -0.15) is 4.31 Å². The number of benzene rings is 1. The molecule has 1 heterocycles. The molecule has 94 valence electrons. The van der Waals surface area contributed by atoms with Crippen LogP contribution in [-0.4, -0.2) is 36.0 Å². The molecule has 1 aromatic carbocycles. The lowest BCUT2D eigenvalue weighted by molar-refractivity contribution is 0.0720. The summed E-state index contributed by atoms with van der Waals surface area (Å²) in [6, 6.07) is 6.44. The van der Waals surface area contributed by atoms with Gasteiger partial charge in [-0.15, -0.1) is 0 Å². The first-order chi connectivity index (χ1) is 7.73. The Kier molecular flexibility index (Phi) is 2.80. The van der Waals surface area contributed by atoms with Crippen LogP contribution in [-0.2, 0) is 10.0 Å². The number of hydrogen-bond donors (Lipinski definition) is 1. The van der Waals surface area contributed by atoms with Gasteiger partial charge in [0.25, 0.3) is 0 Å². The Hall–Kier alpha value is -0.910. The molecule has 1 aromatic rings. The molecule has 17 heavy (non-hydrogen) atoms. The van der Waals surface area contributed by atoms with Crippen molar-refractivity contribution in [1.29, 1.82) is 0 Å². The zero-order valence-electron chi connectivity index (χ0n) is 10.2. The molecule has 1 N–H and O–H groups in total. The van der Waals surface area contributed by atoms with Crippen LogP contribution in [0.4, 0.5) is 0 Å². The first-order valence-corrected chi connectivity index (χ1v) is 6.98. The van der Waals surface area contributed by atoms with Crippen molar-refractivity contribution in [2.75, 3.05) is 6.54 Å². The normalized spacial score (nSPS) is 24.7. The summed E-state index contributed by atoms with van der Waals surface area (Å²) >= 11 is 0. The molecular formula is C12H17NO3S. The van der Waals surface area contributed by atoms with Gasteiger partial charge in [-0.3, -0.25) is 0 Å². The average molecular weight is 255 g/mol. The van der Waals surface area contributed by atoms with Crippen LogP contribution in [0.2, 0.25) is 0 Å². The standard InChI is InChI=1S/C12H17NO3S/c1-9-4-6-10(7-5-9)17(15,16)13-8-11(13)12(2,3)14/h4-7,11,14H,8H2,1-3H3/t11-,13?/m1/s1. The van der Waals surface area contributed by atoms with Gasteiger partial charge < -0.3 is 5.11 Å². The molecule has 0 bridgehead atoms. The van der Waals surface area contributed by atoms with Gasteiger partial charge in [0.2, 0.25) is 10.0 Å². The summed E-state index contributed by atoms with van der Waals surface area (Å²) in [5.74, 6) is 0. The number of nitrogens with zero attached hydrogens (tertiary/aromatic N) is 1. The Morgan fingerprint density at radius 2 is 1.82 bits per heavy atom. The van der Waals surface area contributed by atoms with Crippen LogP contribution in [0.25, 0.3) is 0 Å². The molecule has 1 saturated heterocycles. The number of hydrogen-bond acceptors (Lipinski definition) is 3. The minimum atomic E-state index is -3.44. The van der Waals surface area contributed by atoms with Crippen molar-refractivity contribution in [3.05, 3.63) is 29.8 Å². The quantitative estimate of drug-likeness (QED) is 0.824. The lowest BCUT2D eigenvalue weighted by Gasteiger charge is -2.17. The molecule has 1 aliphatic heterocycles. The van der Waals surface area contributed by atoms with E-state index in [1.54, 1.807) is 38.1 Å². The van der Waals surface area contributed by atoms with E-state index in [1.165, 1.54) is 4.31 Å². The van der Waals surface area contributed by atoms with E-state index in [0.29, 0.717) is 6.54 Å². The molecule has 0 aliphatic carbocycles. The molecule has 0 amide bonds. The van der Waals surface area contributed by atoms with Gasteiger partial charge in [0.15, 0.2) is 0 Å². The van der Waals surface area contributed by atoms with Gasteiger partial charge in [-0.1, -0.05) is 17.7 Å². The highest BCUT2D eigenvalue weighted by molar-refractivity contribution is 7.89. The molecule has 1 fully saturated rings. The Morgan fingerprint density at radius 1 is 1.29 bits per heavy atom. The zero-order chi connectivity index (χ0) is 12.8. The van der Waals surface area contributed by atoms with Crippen LogP contribution in [0.1, 0.15) is 19.4 Å². The van der Waals surface area contributed by atoms with Crippen molar-refractivity contribution in [3.8, 4) is 0 Å². The number of sulfonamides is 1. The van der Waals surface area contributed by atoms with Crippen molar-refractivity contribution in [2.45, 2.75) is 37.3 Å². The second-order valence-corrected chi connectivity index (χ2v) is 6.95. The predicted molar refractivity (Wildman–Crippen MR) is 65.2 cm³/mol. The monoisotopic (exact) mass is 255 g/mol. The summed E-state index contributed by atoms with van der Waals surface area (Å²) in [6.07, 6.45) is 0. The topological polar surface area (TPSA) is 57.4 Å². The van der Waals surface area contributed by atoms with Gasteiger partial charge >= 0.3 is 0 Å². The zero-order valence-corrected chi connectivity index (χ0v) is 11.0. The van der Waals surface area contributed by atoms with E-state index in [4.69, 9.17) is 0 Å². The summed E-state index contributed by atoms with van der Waals surface area (Å²) in [5, 5.41) is 9.78. The van der Waals surface area contributed by atoms with Gasteiger partial charge in [0.05, 0.1) is 16.5 Å². The fourth-order valence-corrected chi connectivity index (χ4v) is 3.49. The van der Waals surface area contributed by atoms with Gasteiger partial charge in [0.1, 0.15) is 0 Å². The highest BCUT2D eigenvalue weighted by atomic mass is 32.2. The Bertz CT molecular complexity index is 514. The lowest BCUT2D eigenvalue weighted by Crippen LogP contribution is -2.31. The molecule has 1 aliphatic rings. The SMILES string of the molecule is Cc1ccc(S(=O)(=O)N2C[C@@H]2C(C)(C)O)cc1. The fourth-order valence-electron chi connectivity index (χ4n) is 1.81. The second kappa shape index (κ2) is 3.80. The third-order valence-corrected chi connectivity index (χ3v) is 4.90. The molecule has 2 atom stereocenters. The Labute approximate surface area is 102 Å². The van der Waals surface area contributed by atoms with Crippen molar-refractivity contribution >= 4 is 10.0 Å². The number of aryl methyl sites for hydroxylation is 1. The summed E-state index contributed by atoms with van der Waals surface area (Å²) in [7, 11) is -3.44. The van der Waals surface area contributed by atoms with Crippen LogP contribution in [0, 0.1) is 6.92 Å². The van der Waals surface area contributed by atoms with Crippen molar-refractivity contribution in [1.82, 2.24) is 4.31 Å². The molecule has 0 radical (unpaired) electrons. The predicted octanol–water partition coefficient (Wildman–Crippen LogP) is 1.14. The lowest BCUT2D eigenvalue weighted by atomic mass is 10.1. The summed E-state index contributed by atoms with van der Waals surface area (Å²) in [6.45, 7) is 5.55. The van der Waals surface area contributed by atoms with Crippen molar-refractivity contribution < 1.29 is 13.5 Å². The van der Waals surface area contributed by atoms with Crippen molar-refractivity contribution in [2.24, 2.45) is 0 Å². The van der Waals surface area contributed by atoms with Crippen LogP contribution in [0.15, 0.2) is 29.2 Å². The average Bonchev–Trinajstić information content (AvgIpc) is 2.96. The van der Waals surface area contributed by atoms with E-state index in [9.17, 15) is 13.5 Å². The maximum atomic E-state index is 12.2. The van der Waals surface area contributed by atoms with E-state index in [1.807, 2.05) is 6.92 Å². The first-order valence-electron chi connectivity index (χ1n) is 5.54. The molecular weight excluding hydrogens is 238 g/mol. The van der Waals surface area contributed by atoms with E-state index in [0.717, 1.165) is 5.56 Å². The third kappa shape index (κ3) is 2.36. The van der Waals surface area contributed by atoms with E-state index < -0.39 is 15.6 Å². The summed E-state index contributed by atoms with van der Waals surface area (Å²) in [4.78, 5) is 0.287. The summed E-state index contributed by atoms with van der Waals surface area (Å²) in [5.41, 5.74) is 0.0337. The molecule has 4 nitrogen and oxygen atoms in total. The largest absolute Gasteiger partial charge is 0.389 e. The maximum absolute atomic E-state index is 12.2. The van der Waals surface area contributed by atoms with Gasteiger partial charge in [0, 0.05) is 6.54 Å². The highest BCUT2D eigenvalue weighted by Gasteiger charge is 2.52. The van der Waals surface area contributed by atoms with Crippen LogP contribution in [0.5, 0.6) is 0 Å². The molecule has 1 unspecified atom stereocenters. The first kappa shape index (κ1) is 12.5. The van der Waals surface area contributed by atoms with E-state index in [-0.39, 0.29) is 10.9 Å². The highest BCUT2D eigenvalue weighted by Crippen LogP contribution is 2.34. The van der Waals surface area contributed by atoms with Crippen LogP contribution in [0.3, 0.4) is 0 Å². The molecule has 0 spiro atoms. The van der Waals surface area contributed by atoms with Crippen LogP contribution >= 0.6 is 0 Å². The minimum absolute atomic E-state index is 0.287. The molecule has 0 saturated carbocycles. The number of aliphatic hydroxyl groups is 1. The molecule has 2 rings (SSSR count). The molecule has 5 heteroatoms. The summed E-state index contributed by atoms with van der Waals surface area (Å²) < 4.78 is 25.7. The molecule has 0 aromatic heterocycles. The van der Waals surface area contributed by atoms with Gasteiger partial charge in [-0.05, 0) is 32.9 Å². The van der Waals surface area contributed by atoms with Gasteiger partial charge in [-0.25, -0.2) is 8.42 Å². The Balaban J connectivity index is 2.25. The maximum Gasteiger partial charge on any atom is 0.243 e. The number of rotatable bonds is 3. The smallest absolute Gasteiger partial charge is 0.243 e. The van der Waals surface area contributed by atoms with E-state index >= 15 is 0 Å². The third-order valence-electron chi connectivity index (χ3n) is 3.01. The fraction of sp³-hybridized carbons (Fsp3) is 0.500. The second-order valence-electron chi connectivity index (χ2n) is 5.06. The Morgan fingerprint density at radius 3 is 2.24 bits per heavy atom. The minimum Gasteiger partial charge on any atom is -0.389 e.